The molecule has 1 rings (SSSR count). The summed E-state index contributed by atoms with van der Waals surface area (Å²) in [6, 6.07) is 0. The molecule has 1 heterocycles. The number of hydrogen-bond donors (Lipinski definition) is 1. The molecule has 0 aliphatic carbocycles. The maximum absolute atomic E-state index is 12.1. The number of amides is 2. The second kappa shape index (κ2) is 5.30. The Bertz CT molecular complexity index is 277. The number of cyclic esters (lactones) is 1. The van der Waals surface area contributed by atoms with E-state index in [4.69, 9.17) is 9.84 Å². The molecular formula is C11H19NO4. The number of hydrogen-bond acceptors (Lipinski definition) is 4. The number of ether oxygens (including phenoxy) is 1. The lowest BCUT2D eigenvalue weighted by molar-refractivity contribution is -0.148. The Hall–Kier alpha value is -1.10. The predicted octanol–water partition coefficient (Wildman–Crippen LogP) is 1.01. The van der Waals surface area contributed by atoms with E-state index in [-0.39, 0.29) is 37.0 Å². The molecule has 16 heavy (non-hydrogen) atoms. The minimum Gasteiger partial charge on any atom is -0.445 e. The Labute approximate surface area is 95.4 Å². The van der Waals surface area contributed by atoms with Crippen molar-refractivity contribution in [1.29, 1.82) is 0 Å². The average molecular weight is 229 g/mol. The van der Waals surface area contributed by atoms with Crippen molar-refractivity contribution < 1.29 is 19.4 Å². The molecule has 0 radical (unpaired) electrons. The Morgan fingerprint density at radius 3 is 2.50 bits per heavy atom. The number of imide groups is 1. The summed E-state index contributed by atoms with van der Waals surface area (Å²) in [7, 11) is 0. The quantitative estimate of drug-likeness (QED) is 0.781. The summed E-state index contributed by atoms with van der Waals surface area (Å²) in [5, 5.41) is 8.80. The van der Waals surface area contributed by atoms with Crippen molar-refractivity contribution in [2.24, 2.45) is 11.8 Å². The summed E-state index contributed by atoms with van der Waals surface area (Å²) in [5.41, 5.74) is 0. The molecule has 1 fully saturated rings. The van der Waals surface area contributed by atoms with Crippen LogP contribution in [-0.4, -0.2) is 41.3 Å². The van der Waals surface area contributed by atoms with Crippen LogP contribution in [0.15, 0.2) is 0 Å². The number of β-amino-alcohol motifs (C(OH)–C–C–N with tert-alkyl or cyclic N) is 1. The highest BCUT2D eigenvalue weighted by Crippen LogP contribution is 2.28. The molecular weight excluding hydrogens is 210 g/mol. The Morgan fingerprint density at radius 1 is 1.44 bits per heavy atom. The molecule has 0 saturated carbocycles. The highest BCUT2D eigenvalue weighted by atomic mass is 16.6. The maximum atomic E-state index is 12.1. The zero-order valence-electron chi connectivity index (χ0n) is 9.97. The Morgan fingerprint density at radius 2 is 2.06 bits per heavy atom. The molecule has 0 aromatic rings. The van der Waals surface area contributed by atoms with Gasteiger partial charge in [0.05, 0.1) is 19.1 Å². The molecule has 1 saturated heterocycles. The van der Waals surface area contributed by atoms with Crippen LogP contribution in [0.2, 0.25) is 0 Å². The lowest BCUT2D eigenvalue weighted by Gasteiger charge is -2.37. The summed E-state index contributed by atoms with van der Waals surface area (Å²) in [6.45, 7) is 5.53. The van der Waals surface area contributed by atoms with E-state index in [0.29, 0.717) is 6.42 Å². The second-order valence-corrected chi connectivity index (χ2v) is 4.31. The number of rotatable bonds is 4. The molecule has 0 aromatic heterocycles. The molecule has 1 aliphatic rings. The summed E-state index contributed by atoms with van der Waals surface area (Å²) in [6.07, 6.45) is -0.342. The number of carbonyl (C=O) groups excluding carboxylic acids is 2. The first-order valence-electron chi connectivity index (χ1n) is 5.65. The van der Waals surface area contributed by atoms with Crippen molar-refractivity contribution in [1.82, 2.24) is 4.90 Å². The van der Waals surface area contributed by atoms with Crippen LogP contribution >= 0.6 is 0 Å². The molecule has 92 valence electrons. The first-order valence-corrected chi connectivity index (χ1v) is 5.65. The first kappa shape index (κ1) is 13.0. The minimum absolute atomic E-state index is 0.0112. The molecule has 1 aliphatic heterocycles. The van der Waals surface area contributed by atoms with Crippen molar-refractivity contribution in [2.45, 2.75) is 33.3 Å². The fraction of sp³-hybridized carbons (Fsp3) is 0.818. The van der Waals surface area contributed by atoms with E-state index in [1.54, 1.807) is 0 Å². The van der Waals surface area contributed by atoms with Gasteiger partial charge in [0.15, 0.2) is 0 Å². The SMILES string of the molecule is CC[C@@H]1OC(=O)N(CCO)C(=O)[C@@H]1C(C)C. The molecule has 0 spiro atoms. The standard InChI is InChI=1S/C11H19NO4/c1-4-8-9(7(2)3)10(14)12(5-6-13)11(15)16-8/h7-9,13H,4-6H2,1-3H3/t8-,9+/m0/s1. The number of aliphatic hydroxyl groups excluding tert-OH is 1. The van der Waals surface area contributed by atoms with Gasteiger partial charge in [0.2, 0.25) is 5.91 Å². The van der Waals surface area contributed by atoms with Gasteiger partial charge in [-0.05, 0) is 12.3 Å². The van der Waals surface area contributed by atoms with Gasteiger partial charge in [-0.3, -0.25) is 4.79 Å². The van der Waals surface area contributed by atoms with Gasteiger partial charge in [-0.1, -0.05) is 20.8 Å². The van der Waals surface area contributed by atoms with Crippen LogP contribution < -0.4 is 0 Å². The third kappa shape index (κ3) is 2.35. The maximum Gasteiger partial charge on any atom is 0.416 e. The normalized spacial score (nSPS) is 26.2. The smallest absolute Gasteiger partial charge is 0.416 e. The van der Waals surface area contributed by atoms with E-state index >= 15 is 0 Å². The third-order valence-corrected chi connectivity index (χ3v) is 2.87. The summed E-state index contributed by atoms with van der Waals surface area (Å²) < 4.78 is 5.20. The van der Waals surface area contributed by atoms with Gasteiger partial charge in [0.1, 0.15) is 6.10 Å². The van der Waals surface area contributed by atoms with Crippen LogP contribution in [0.1, 0.15) is 27.2 Å². The summed E-state index contributed by atoms with van der Waals surface area (Å²) in [5.74, 6) is -0.409. The van der Waals surface area contributed by atoms with Crippen molar-refractivity contribution in [3.63, 3.8) is 0 Å². The number of nitrogens with zero attached hydrogens (tertiary/aromatic N) is 1. The van der Waals surface area contributed by atoms with Crippen LogP contribution in [0.5, 0.6) is 0 Å². The lowest BCUT2D eigenvalue weighted by Crippen LogP contribution is -2.54. The van der Waals surface area contributed by atoms with E-state index in [1.165, 1.54) is 0 Å². The molecule has 0 aromatic carbocycles. The monoisotopic (exact) mass is 229 g/mol. The summed E-state index contributed by atoms with van der Waals surface area (Å²) >= 11 is 0. The van der Waals surface area contributed by atoms with Gasteiger partial charge in [-0.15, -0.1) is 0 Å². The van der Waals surface area contributed by atoms with Gasteiger partial charge < -0.3 is 9.84 Å². The lowest BCUT2D eigenvalue weighted by atomic mass is 9.86. The zero-order valence-corrected chi connectivity index (χ0v) is 9.97. The van der Waals surface area contributed by atoms with Gasteiger partial charge in [-0.25, -0.2) is 9.69 Å². The fourth-order valence-electron chi connectivity index (χ4n) is 2.05. The number of carbonyl (C=O) groups is 2. The molecule has 5 nitrogen and oxygen atoms in total. The van der Waals surface area contributed by atoms with Crippen LogP contribution in [0.3, 0.4) is 0 Å². The van der Waals surface area contributed by atoms with Crippen LogP contribution in [0.4, 0.5) is 4.79 Å². The van der Waals surface area contributed by atoms with Gasteiger partial charge in [-0.2, -0.15) is 0 Å². The highest BCUT2D eigenvalue weighted by Gasteiger charge is 2.43. The van der Waals surface area contributed by atoms with E-state index in [0.717, 1.165) is 4.90 Å². The topological polar surface area (TPSA) is 66.8 Å². The zero-order chi connectivity index (χ0) is 12.3. The minimum atomic E-state index is -0.636. The number of aliphatic hydroxyl groups is 1. The molecule has 2 amide bonds. The first-order chi connectivity index (χ1) is 7.52. The van der Waals surface area contributed by atoms with Crippen LogP contribution in [-0.2, 0) is 9.53 Å². The largest absolute Gasteiger partial charge is 0.445 e. The van der Waals surface area contributed by atoms with Crippen molar-refractivity contribution in [3.05, 3.63) is 0 Å². The van der Waals surface area contributed by atoms with Gasteiger partial charge in [0, 0.05) is 0 Å². The molecule has 5 heteroatoms. The molecule has 0 bridgehead atoms. The third-order valence-electron chi connectivity index (χ3n) is 2.87. The molecule has 0 unspecified atom stereocenters. The van der Waals surface area contributed by atoms with Crippen LogP contribution in [0, 0.1) is 11.8 Å². The van der Waals surface area contributed by atoms with Crippen LogP contribution in [0.25, 0.3) is 0 Å². The molecule has 2 atom stereocenters. The van der Waals surface area contributed by atoms with Gasteiger partial charge >= 0.3 is 6.09 Å². The van der Waals surface area contributed by atoms with E-state index in [9.17, 15) is 9.59 Å². The Kier molecular flexibility index (Phi) is 4.29. The highest BCUT2D eigenvalue weighted by molar-refractivity contribution is 5.95. The van der Waals surface area contributed by atoms with Crippen molar-refractivity contribution in [2.75, 3.05) is 13.2 Å². The van der Waals surface area contributed by atoms with Crippen molar-refractivity contribution in [3.8, 4) is 0 Å². The van der Waals surface area contributed by atoms with Gasteiger partial charge in [0.25, 0.3) is 0 Å². The average Bonchev–Trinajstić information content (AvgIpc) is 2.22. The van der Waals surface area contributed by atoms with Crippen molar-refractivity contribution >= 4 is 12.0 Å². The fourth-order valence-corrected chi connectivity index (χ4v) is 2.05. The van der Waals surface area contributed by atoms with E-state index < -0.39 is 6.09 Å². The second-order valence-electron chi connectivity index (χ2n) is 4.31. The predicted molar refractivity (Wildman–Crippen MR) is 57.7 cm³/mol. The summed E-state index contributed by atoms with van der Waals surface area (Å²) in [4.78, 5) is 24.6. The van der Waals surface area contributed by atoms with E-state index in [2.05, 4.69) is 0 Å². The van der Waals surface area contributed by atoms with E-state index in [1.807, 2.05) is 20.8 Å². The molecule has 1 N–H and O–H groups in total. The Balaban J connectivity index is 2.88.